The molecule has 1 saturated carbocycles. The van der Waals surface area contributed by atoms with Gasteiger partial charge in [-0.3, -0.25) is 24.1 Å². The predicted octanol–water partition coefficient (Wildman–Crippen LogP) is 3.02. The highest BCUT2D eigenvalue weighted by atomic mass is 16.4. The van der Waals surface area contributed by atoms with Crippen LogP contribution in [0.2, 0.25) is 0 Å². The third-order valence-electron chi connectivity index (χ3n) is 7.60. The molecule has 1 N–H and O–H groups in total. The number of aliphatic carboxylic acids is 1. The van der Waals surface area contributed by atoms with Crippen LogP contribution in [0.25, 0.3) is 0 Å². The van der Waals surface area contributed by atoms with Crippen LogP contribution in [0.5, 0.6) is 0 Å². The van der Waals surface area contributed by atoms with E-state index in [1.165, 1.54) is 4.90 Å². The molecule has 1 aromatic rings. The summed E-state index contributed by atoms with van der Waals surface area (Å²) in [6.45, 7) is 0.540. The molecule has 0 saturated heterocycles. The van der Waals surface area contributed by atoms with Gasteiger partial charge in [0.25, 0.3) is 11.8 Å². The molecule has 3 atom stereocenters. The third kappa shape index (κ3) is 3.69. The van der Waals surface area contributed by atoms with Gasteiger partial charge in [0.15, 0.2) is 0 Å². The van der Waals surface area contributed by atoms with Crippen LogP contribution in [-0.2, 0) is 25.6 Å². The highest BCUT2D eigenvalue weighted by molar-refractivity contribution is 6.21. The molecule has 172 valence electrons. The summed E-state index contributed by atoms with van der Waals surface area (Å²) < 4.78 is 0. The maximum absolute atomic E-state index is 13.7. The number of carbonyl (C=O) groups excluding carboxylic acids is 3. The van der Waals surface area contributed by atoms with Gasteiger partial charge in [-0.25, -0.2) is 0 Å². The summed E-state index contributed by atoms with van der Waals surface area (Å²) in [5.41, 5.74) is 3.05. The smallest absolute Gasteiger partial charge is 0.307 e. The number of nitrogens with zero attached hydrogens (tertiary/aromatic N) is 2. The molecule has 0 radical (unpaired) electrons. The summed E-state index contributed by atoms with van der Waals surface area (Å²) in [7, 11) is 0. The fraction of sp³-hybridized carbons (Fsp3) is 0.462. The van der Waals surface area contributed by atoms with Crippen LogP contribution in [0.1, 0.15) is 55.7 Å². The van der Waals surface area contributed by atoms with Crippen molar-refractivity contribution in [3.05, 3.63) is 58.7 Å². The number of benzene rings is 1. The Morgan fingerprint density at radius 1 is 1.00 bits per heavy atom. The van der Waals surface area contributed by atoms with E-state index in [9.17, 15) is 24.3 Å². The van der Waals surface area contributed by atoms with E-state index in [4.69, 9.17) is 0 Å². The molecular weight excluding hydrogens is 420 g/mol. The zero-order valence-corrected chi connectivity index (χ0v) is 18.5. The summed E-state index contributed by atoms with van der Waals surface area (Å²) in [6, 6.07) is 7.35. The van der Waals surface area contributed by atoms with Crippen molar-refractivity contribution >= 4 is 23.7 Å². The number of hydrogen-bond acceptors (Lipinski definition) is 4. The number of carbonyl (C=O) groups is 4. The molecule has 1 aromatic carbocycles. The summed E-state index contributed by atoms with van der Waals surface area (Å²) in [5, 5.41) is 9.72. The Kier molecular flexibility index (Phi) is 5.64. The van der Waals surface area contributed by atoms with Gasteiger partial charge in [-0.1, -0.05) is 49.3 Å². The molecule has 0 bridgehead atoms. The summed E-state index contributed by atoms with van der Waals surface area (Å²) >= 11 is 0. The lowest BCUT2D eigenvalue weighted by molar-refractivity contribution is -0.154. The van der Waals surface area contributed by atoms with Crippen LogP contribution in [0, 0.1) is 11.8 Å². The van der Waals surface area contributed by atoms with Crippen molar-refractivity contribution in [2.45, 2.75) is 51.0 Å². The summed E-state index contributed by atoms with van der Waals surface area (Å²) in [6.07, 6.45) is 8.32. The molecule has 0 aromatic heterocycles. The van der Waals surface area contributed by atoms with Gasteiger partial charge in [0.1, 0.15) is 0 Å². The molecule has 4 aliphatic rings. The fourth-order valence-electron chi connectivity index (χ4n) is 5.87. The van der Waals surface area contributed by atoms with Crippen molar-refractivity contribution in [2.24, 2.45) is 11.8 Å². The number of allylic oxidation sites excluding steroid dienone is 1. The average Bonchev–Trinajstić information content (AvgIpc) is 3.08. The molecule has 7 nitrogen and oxygen atoms in total. The molecule has 5 rings (SSSR count). The van der Waals surface area contributed by atoms with Gasteiger partial charge < -0.3 is 10.0 Å². The van der Waals surface area contributed by atoms with Gasteiger partial charge in [0.2, 0.25) is 5.91 Å². The first-order valence-electron chi connectivity index (χ1n) is 11.8. The van der Waals surface area contributed by atoms with Crippen molar-refractivity contribution in [1.29, 1.82) is 0 Å². The standard InChI is InChI=1S/C26H28N2O5/c29-23(20-11-5-6-12-21(20)26(32)33)27-14-13-16-7-1-2-8-17(16)22(27)15-28-24(30)18-9-3-4-10-19(18)25(28)31/h1-3,7-9,20-22H,4-6,10-15H2,(H,32,33). The Morgan fingerprint density at radius 3 is 2.52 bits per heavy atom. The van der Waals surface area contributed by atoms with Crippen LogP contribution >= 0.6 is 0 Å². The third-order valence-corrected chi connectivity index (χ3v) is 7.60. The first kappa shape index (κ1) is 21.6. The van der Waals surface area contributed by atoms with E-state index in [1.807, 2.05) is 30.3 Å². The van der Waals surface area contributed by atoms with E-state index in [1.54, 1.807) is 11.0 Å². The van der Waals surface area contributed by atoms with Crippen LogP contribution < -0.4 is 0 Å². The zero-order valence-electron chi connectivity index (χ0n) is 18.5. The lowest BCUT2D eigenvalue weighted by Crippen LogP contribution is -2.50. The molecule has 2 aliphatic carbocycles. The number of rotatable bonds is 4. The molecule has 3 amide bonds. The minimum absolute atomic E-state index is 0.0890. The van der Waals surface area contributed by atoms with Crippen molar-refractivity contribution < 1.29 is 24.3 Å². The Balaban J connectivity index is 1.47. The monoisotopic (exact) mass is 448 g/mol. The average molecular weight is 449 g/mol. The highest BCUT2D eigenvalue weighted by Gasteiger charge is 2.44. The van der Waals surface area contributed by atoms with Gasteiger partial charge in [-0.15, -0.1) is 0 Å². The van der Waals surface area contributed by atoms with Gasteiger partial charge in [0.05, 0.1) is 24.4 Å². The van der Waals surface area contributed by atoms with E-state index in [0.717, 1.165) is 30.4 Å². The van der Waals surface area contributed by atoms with Crippen molar-refractivity contribution in [3.63, 3.8) is 0 Å². The number of amides is 3. The molecule has 7 heteroatoms. The predicted molar refractivity (Wildman–Crippen MR) is 120 cm³/mol. The van der Waals surface area contributed by atoms with E-state index in [2.05, 4.69) is 0 Å². The van der Waals surface area contributed by atoms with Gasteiger partial charge >= 0.3 is 5.97 Å². The van der Waals surface area contributed by atoms with Crippen LogP contribution in [0.4, 0.5) is 0 Å². The first-order valence-corrected chi connectivity index (χ1v) is 11.8. The second-order valence-electron chi connectivity index (χ2n) is 9.39. The SMILES string of the molecule is O=C(O)C1CCCCC1C(=O)N1CCc2ccccc2C1CN1C(=O)C2=C(CCC=C2)C1=O. The molecule has 2 heterocycles. The largest absolute Gasteiger partial charge is 0.481 e. The van der Waals surface area contributed by atoms with Crippen LogP contribution in [0.3, 0.4) is 0 Å². The lowest BCUT2D eigenvalue weighted by Gasteiger charge is -2.42. The minimum Gasteiger partial charge on any atom is -0.481 e. The van der Waals surface area contributed by atoms with Crippen LogP contribution in [-0.4, -0.2) is 51.7 Å². The zero-order chi connectivity index (χ0) is 23.1. The quantitative estimate of drug-likeness (QED) is 0.715. The van der Waals surface area contributed by atoms with E-state index < -0.39 is 23.8 Å². The highest BCUT2D eigenvalue weighted by Crippen LogP contribution is 2.38. The molecule has 2 aliphatic heterocycles. The Morgan fingerprint density at radius 2 is 1.76 bits per heavy atom. The Labute approximate surface area is 192 Å². The van der Waals surface area contributed by atoms with E-state index in [0.29, 0.717) is 43.4 Å². The second-order valence-corrected chi connectivity index (χ2v) is 9.39. The molecule has 1 fully saturated rings. The minimum atomic E-state index is -0.921. The lowest BCUT2D eigenvalue weighted by atomic mass is 9.77. The normalized spacial score (nSPS) is 27.0. The number of carboxylic acids is 1. The van der Waals surface area contributed by atoms with E-state index >= 15 is 0 Å². The Bertz CT molecular complexity index is 1090. The fourth-order valence-corrected chi connectivity index (χ4v) is 5.87. The number of fused-ring (bicyclic) bond motifs is 1. The first-order chi connectivity index (χ1) is 16.0. The van der Waals surface area contributed by atoms with Crippen molar-refractivity contribution in [2.75, 3.05) is 13.1 Å². The van der Waals surface area contributed by atoms with Crippen molar-refractivity contribution in [1.82, 2.24) is 9.80 Å². The summed E-state index contributed by atoms with van der Waals surface area (Å²) in [5.74, 6) is -2.91. The van der Waals surface area contributed by atoms with Gasteiger partial charge in [-0.05, 0) is 43.2 Å². The molecular formula is C26H28N2O5. The second kappa shape index (κ2) is 8.61. The molecule has 0 spiro atoms. The number of imide groups is 1. The molecule has 33 heavy (non-hydrogen) atoms. The number of hydrogen-bond donors (Lipinski definition) is 1. The van der Waals surface area contributed by atoms with E-state index in [-0.39, 0.29) is 24.3 Å². The van der Waals surface area contributed by atoms with Gasteiger partial charge in [-0.2, -0.15) is 0 Å². The Hall–Kier alpha value is -3.22. The maximum Gasteiger partial charge on any atom is 0.307 e. The number of carboxylic acid groups (broad SMARTS) is 1. The molecule has 3 unspecified atom stereocenters. The van der Waals surface area contributed by atoms with Gasteiger partial charge in [0, 0.05) is 17.7 Å². The topological polar surface area (TPSA) is 95.0 Å². The van der Waals surface area contributed by atoms with Crippen molar-refractivity contribution in [3.8, 4) is 0 Å². The maximum atomic E-state index is 13.7. The van der Waals surface area contributed by atoms with Crippen LogP contribution in [0.15, 0.2) is 47.6 Å². The summed E-state index contributed by atoms with van der Waals surface area (Å²) in [4.78, 5) is 54.8.